The van der Waals surface area contributed by atoms with Crippen molar-refractivity contribution in [3.05, 3.63) is 35.4 Å². The molecular weight excluding hydrogens is 306 g/mol. The van der Waals surface area contributed by atoms with Crippen molar-refractivity contribution in [2.24, 2.45) is 0 Å². The van der Waals surface area contributed by atoms with Gasteiger partial charge in [-0.15, -0.1) is 0 Å². The van der Waals surface area contributed by atoms with Crippen molar-refractivity contribution >= 4 is 37.9 Å². The molecule has 2 amide bonds. The van der Waals surface area contributed by atoms with Gasteiger partial charge in [0.15, 0.2) is 0 Å². The summed E-state index contributed by atoms with van der Waals surface area (Å²) in [6.45, 7) is 2.18. The number of hydrogen-bond acceptors (Lipinski definition) is 4. The molecule has 1 heterocycles. The Kier molecular flexibility index (Phi) is 4.93. The van der Waals surface area contributed by atoms with Crippen molar-refractivity contribution in [2.75, 3.05) is 18.1 Å². The van der Waals surface area contributed by atoms with Crippen molar-refractivity contribution < 1.29 is 13.8 Å². The molecule has 1 unspecified atom stereocenters. The lowest BCUT2D eigenvalue weighted by atomic mass is 10.1. The van der Waals surface area contributed by atoms with Crippen LogP contribution >= 0.6 is 12.2 Å². The van der Waals surface area contributed by atoms with E-state index in [-0.39, 0.29) is 11.8 Å². The van der Waals surface area contributed by atoms with E-state index in [2.05, 4.69) is 16.5 Å². The molecule has 0 bridgehead atoms. The normalized spacial score (nSPS) is 16.5. The number of rotatable bonds is 6. The number of fused-ring (bicyclic) bond motifs is 1. The maximum Gasteiger partial charge on any atom is 0.261 e. The minimum atomic E-state index is -2.16. The first-order chi connectivity index (χ1) is 10.0. The van der Waals surface area contributed by atoms with E-state index in [9.17, 15) is 13.8 Å². The summed E-state index contributed by atoms with van der Waals surface area (Å²) in [5, 5.41) is 0. The van der Waals surface area contributed by atoms with Crippen LogP contribution < -0.4 is 0 Å². The quantitative estimate of drug-likeness (QED) is 0.457. The summed E-state index contributed by atoms with van der Waals surface area (Å²) >= 11 is 4.68. The molecule has 21 heavy (non-hydrogen) atoms. The molecule has 1 aromatic rings. The molecule has 2 rings (SSSR count). The Labute approximate surface area is 130 Å². The second-order valence-electron chi connectivity index (χ2n) is 4.90. The van der Waals surface area contributed by atoms with Crippen molar-refractivity contribution in [1.82, 2.24) is 4.90 Å². The van der Waals surface area contributed by atoms with Crippen molar-refractivity contribution in [2.45, 2.75) is 19.8 Å². The average Bonchev–Trinajstić information content (AvgIpc) is 2.76. The Morgan fingerprint density at radius 3 is 2.19 bits per heavy atom. The number of carbonyl (C=O) groups is 2. The molecule has 1 aliphatic rings. The predicted molar refractivity (Wildman–Crippen MR) is 87.2 cm³/mol. The second kappa shape index (κ2) is 6.52. The summed E-state index contributed by atoms with van der Waals surface area (Å²) in [6, 6.07) is 6.83. The lowest BCUT2D eigenvalue weighted by Crippen LogP contribution is -2.31. The van der Waals surface area contributed by atoms with E-state index in [1.807, 2.05) is 6.92 Å². The fourth-order valence-corrected chi connectivity index (χ4v) is 4.06. The SMILES string of the molecule is CCS(=O)(=C=S)CCCCN1C(=O)c2ccccc2C1=O. The van der Waals surface area contributed by atoms with Crippen LogP contribution in [-0.2, 0) is 9.52 Å². The maximum absolute atomic E-state index is 12.1. The summed E-state index contributed by atoms with van der Waals surface area (Å²) in [6.07, 6.45) is 1.28. The van der Waals surface area contributed by atoms with Crippen LogP contribution in [0.3, 0.4) is 0 Å². The molecule has 0 N–H and O–H groups in total. The van der Waals surface area contributed by atoms with E-state index in [0.29, 0.717) is 42.0 Å². The Balaban J connectivity index is 1.95. The summed E-state index contributed by atoms with van der Waals surface area (Å²) < 4.78 is 14.5. The van der Waals surface area contributed by atoms with E-state index >= 15 is 0 Å². The van der Waals surface area contributed by atoms with E-state index in [4.69, 9.17) is 0 Å². The summed E-state index contributed by atoms with van der Waals surface area (Å²) in [7, 11) is -2.16. The first-order valence-electron chi connectivity index (χ1n) is 6.86. The monoisotopic (exact) mass is 323 g/mol. The zero-order valence-corrected chi connectivity index (χ0v) is 13.5. The molecule has 1 aromatic carbocycles. The lowest BCUT2D eigenvalue weighted by molar-refractivity contribution is 0.0652. The predicted octanol–water partition coefficient (Wildman–Crippen LogP) is 2.20. The number of imide groups is 1. The molecule has 0 radical (unpaired) electrons. The van der Waals surface area contributed by atoms with Gasteiger partial charge in [0.1, 0.15) is 0 Å². The van der Waals surface area contributed by atoms with E-state index in [0.717, 1.165) is 0 Å². The maximum atomic E-state index is 12.1. The van der Waals surface area contributed by atoms with Crippen molar-refractivity contribution in [3.63, 3.8) is 0 Å². The molecule has 0 saturated heterocycles. The van der Waals surface area contributed by atoms with E-state index in [1.54, 1.807) is 24.3 Å². The summed E-state index contributed by atoms with van der Waals surface area (Å²) in [4.78, 5) is 25.5. The molecule has 4 nitrogen and oxygen atoms in total. The molecule has 0 aliphatic carbocycles. The zero-order valence-electron chi connectivity index (χ0n) is 11.8. The molecule has 1 atom stereocenters. The van der Waals surface area contributed by atoms with Crippen LogP contribution in [0.25, 0.3) is 0 Å². The molecule has 0 saturated carbocycles. The Hall–Kier alpha value is -1.49. The summed E-state index contributed by atoms with van der Waals surface area (Å²) in [5.74, 6) is 0.473. The Morgan fingerprint density at radius 1 is 1.14 bits per heavy atom. The molecule has 0 fully saturated rings. The minimum absolute atomic E-state index is 0.242. The molecule has 6 heteroatoms. The third kappa shape index (κ3) is 3.23. The number of unbranched alkanes of at least 4 members (excludes halogenated alkanes) is 1. The van der Waals surface area contributed by atoms with Crippen molar-refractivity contribution in [1.29, 1.82) is 0 Å². The number of nitrogens with zero attached hydrogens (tertiary/aromatic N) is 1. The lowest BCUT2D eigenvalue weighted by Gasteiger charge is -2.13. The third-order valence-electron chi connectivity index (χ3n) is 3.60. The number of amides is 2. The van der Waals surface area contributed by atoms with Crippen LogP contribution in [0.15, 0.2) is 24.3 Å². The largest absolute Gasteiger partial charge is 0.274 e. The average molecular weight is 323 g/mol. The number of benzene rings is 1. The standard InChI is InChI=1S/C15H17NO3S2/c1-2-21(19,11-20)10-6-5-9-16-14(17)12-7-3-4-8-13(12)15(16)18/h3-4,7-8H,2,5-6,9-10H2,1H3. The van der Waals surface area contributed by atoms with Gasteiger partial charge in [-0.2, -0.15) is 0 Å². The van der Waals surface area contributed by atoms with Crippen LogP contribution in [0.1, 0.15) is 40.5 Å². The van der Waals surface area contributed by atoms with Gasteiger partial charge in [0.25, 0.3) is 11.8 Å². The van der Waals surface area contributed by atoms with E-state index in [1.165, 1.54) is 4.90 Å². The van der Waals surface area contributed by atoms with Gasteiger partial charge >= 0.3 is 0 Å². The fraction of sp³-hybridized carbons (Fsp3) is 0.400. The highest BCUT2D eigenvalue weighted by Gasteiger charge is 2.34. The minimum Gasteiger partial charge on any atom is -0.274 e. The summed E-state index contributed by atoms with van der Waals surface area (Å²) in [5.41, 5.74) is 0.930. The van der Waals surface area contributed by atoms with Gasteiger partial charge in [0.05, 0.1) is 11.1 Å². The van der Waals surface area contributed by atoms with Gasteiger partial charge in [0.2, 0.25) is 0 Å². The molecule has 0 aromatic heterocycles. The molecule has 0 spiro atoms. The highest BCUT2D eigenvalue weighted by Crippen LogP contribution is 2.22. The van der Waals surface area contributed by atoms with Gasteiger partial charge in [-0.3, -0.25) is 18.7 Å². The first-order valence-corrected chi connectivity index (χ1v) is 9.16. The van der Waals surface area contributed by atoms with Crippen LogP contribution in [0.4, 0.5) is 0 Å². The van der Waals surface area contributed by atoms with Gasteiger partial charge in [-0.05, 0) is 37.2 Å². The second-order valence-corrected chi connectivity index (χ2v) is 8.18. The topological polar surface area (TPSA) is 54.5 Å². The van der Waals surface area contributed by atoms with Crippen LogP contribution in [0.5, 0.6) is 0 Å². The fourth-order valence-electron chi connectivity index (χ4n) is 2.29. The van der Waals surface area contributed by atoms with E-state index < -0.39 is 9.52 Å². The highest BCUT2D eigenvalue weighted by molar-refractivity contribution is 8.07. The molecule has 112 valence electrons. The first kappa shape index (κ1) is 15.9. The Morgan fingerprint density at radius 2 is 1.71 bits per heavy atom. The smallest absolute Gasteiger partial charge is 0.261 e. The zero-order chi connectivity index (χ0) is 15.5. The van der Waals surface area contributed by atoms with Gasteiger partial charge < -0.3 is 0 Å². The van der Waals surface area contributed by atoms with Crippen molar-refractivity contribution in [3.8, 4) is 0 Å². The highest BCUT2D eigenvalue weighted by atomic mass is 32.2. The molecule has 1 aliphatic heterocycles. The Bertz CT molecular complexity index is 678. The van der Waals surface area contributed by atoms with Gasteiger partial charge in [-0.1, -0.05) is 19.1 Å². The van der Waals surface area contributed by atoms with Gasteiger partial charge in [-0.25, -0.2) is 0 Å². The van der Waals surface area contributed by atoms with Crippen LogP contribution in [0.2, 0.25) is 0 Å². The number of hydrogen-bond donors (Lipinski definition) is 0. The molecular formula is C15H17NO3S2. The van der Waals surface area contributed by atoms with Crippen LogP contribution in [0, 0.1) is 0 Å². The van der Waals surface area contributed by atoms with Gasteiger partial charge in [0, 0.05) is 31.9 Å². The van der Waals surface area contributed by atoms with Crippen LogP contribution in [-0.4, -0.2) is 43.3 Å². The number of carbonyl (C=O) groups excluding carboxylic acids is 2. The number of thiocarbonyl (C=S) groups is 1. The third-order valence-corrected chi connectivity index (χ3v) is 6.70.